The highest BCUT2D eigenvalue weighted by Gasteiger charge is 2.24. The van der Waals surface area contributed by atoms with Crippen LogP contribution >= 0.6 is 11.3 Å². The first kappa shape index (κ1) is 15.4. The van der Waals surface area contributed by atoms with Crippen LogP contribution in [0.15, 0.2) is 0 Å². The zero-order valence-electron chi connectivity index (χ0n) is 12.0. The number of aromatic carboxylic acids is 1. The zero-order chi connectivity index (χ0) is 14.7. The molecular weight excluding hydrogens is 280 g/mol. The number of aromatic nitrogens is 1. The summed E-state index contributed by atoms with van der Waals surface area (Å²) >= 11 is 1.23. The third-order valence-electron chi connectivity index (χ3n) is 3.07. The molecule has 7 heteroatoms. The average Bonchev–Trinajstić information content (AvgIpc) is 2.71. The van der Waals surface area contributed by atoms with Gasteiger partial charge in [-0.2, -0.15) is 0 Å². The van der Waals surface area contributed by atoms with Crippen LogP contribution < -0.4 is 0 Å². The van der Waals surface area contributed by atoms with E-state index in [1.165, 1.54) is 18.4 Å². The molecule has 0 bridgehead atoms. The summed E-state index contributed by atoms with van der Waals surface area (Å²) in [6, 6.07) is 0. The van der Waals surface area contributed by atoms with Crippen molar-refractivity contribution in [2.24, 2.45) is 0 Å². The fourth-order valence-corrected chi connectivity index (χ4v) is 3.42. The maximum Gasteiger partial charge on any atom is 0.347 e. The van der Waals surface area contributed by atoms with Gasteiger partial charge in [0, 0.05) is 20.2 Å². The first-order chi connectivity index (χ1) is 9.49. The molecular formula is C13H20N2O4S. The third-order valence-corrected chi connectivity index (χ3v) is 4.14. The molecule has 2 rings (SSSR count). The van der Waals surface area contributed by atoms with E-state index in [0.29, 0.717) is 12.2 Å². The average molecular weight is 300 g/mol. The number of rotatable bonds is 5. The van der Waals surface area contributed by atoms with Crippen molar-refractivity contribution < 1.29 is 19.4 Å². The Hall–Kier alpha value is -1.02. The molecule has 0 amide bonds. The van der Waals surface area contributed by atoms with E-state index in [9.17, 15) is 9.90 Å². The largest absolute Gasteiger partial charge is 0.477 e. The van der Waals surface area contributed by atoms with Crippen LogP contribution in [0.5, 0.6) is 0 Å². The molecule has 1 aromatic heterocycles. The van der Waals surface area contributed by atoms with Crippen molar-refractivity contribution in [1.82, 2.24) is 9.88 Å². The molecule has 1 aliphatic heterocycles. The maximum atomic E-state index is 11.2. The molecule has 0 spiro atoms. The summed E-state index contributed by atoms with van der Waals surface area (Å²) in [6.45, 7) is 6.66. The summed E-state index contributed by atoms with van der Waals surface area (Å²) < 4.78 is 10.7. The Morgan fingerprint density at radius 2 is 2.15 bits per heavy atom. The number of carboxylic acids is 1. The van der Waals surface area contributed by atoms with Crippen LogP contribution in [0.3, 0.4) is 0 Å². The van der Waals surface area contributed by atoms with Crippen LogP contribution in [-0.2, 0) is 22.6 Å². The summed E-state index contributed by atoms with van der Waals surface area (Å²) in [7, 11) is 1.54. The van der Waals surface area contributed by atoms with Gasteiger partial charge in [0.1, 0.15) is 9.88 Å². The minimum absolute atomic E-state index is 0.191. The number of morpholine rings is 1. The van der Waals surface area contributed by atoms with E-state index in [2.05, 4.69) is 9.88 Å². The monoisotopic (exact) mass is 300 g/mol. The number of carboxylic acid groups (broad SMARTS) is 1. The van der Waals surface area contributed by atoms with Crippen molar-refractivity contribution in [3.05, 3.63) is 15.6 Å². The molecule has 1 N–H and O–H groups in total. The lowest BCUT2D eigenvalue weighted by Crippen LogP contribution is -2.44. The fraction of sp³-hybridized carbons (Fsp3) is 0.692. The first-order valence-corrected chi connectivity index (χ1v) is 7.40. The predicted octanol–water partition coefficient (Wildman–Crippen LogP) is 1.60. The lowest BCUT2D eigenvalue weighted by atomic mass is 10.2. The van der Waals surface area contributed by atoms with E-state index >= 15 is 0 Å². The van der Waals surface area contributed by atoms with Crippen LogP contribution in [0.25, 0.3) is 0 Å². The van der Waals surface area contributed by atoms with Crippen LogP contribution in [0.1, 0.15) is 34.2 Å². The minimum Gasteiger partial charge on any atom is -0.477 e. The smallest absolute Gasteiger partial charge is 0.347 e. The van der Waals surface area contributed by atoms with Gasteiger partial charge in [-0.25, -0.2) is 9.78 Å². The highest BCUT2D eigenvalue weighted by Crippen LogP contribution is 2.22. The van der Waals surface area contributed by atoms with Crippen molar-refractivity contribution >= 4 is 17.3 Å². The fourth-order valence-electron chi connectivity index (χ4n) is 2.47. The molecule has 0 radical (unpaired) electrons. The van der Waals surface area contributed by atoms with Gasteiger partial charge >= 0.3 is 5.97 Å². The van der Waals surface area contributed by atoms with Crippen LogP contribution in [-0.4, -0.2) is 53.4 Å². The number of nitrogens with zero attached hydrogens (tertiary/aromatic N) is 2. The summed E-state index contributed by atoms with van der Waals surface area (Å²) in [5.74, 6) is -0.940. The molecule has 20 heavy (non-hydrogen) atoms. The molecule has 2 unspecified atom stereocenters. The zero-order valence-corrected chi connectivity index (χ0v) is 12.8. The van der Waals surface area contributed by atoms with Crippen molar-refractivity contribution in [2.45, 2.75) is 39.2 Å². The van der Waals surface area contributed by atoms with Crippen LogP contribution in [0.4, 0.5) is 0 Å². The Morgan fingerprint density at radius 3 is 2.70 bits per heavy atom. The van der Waals surface area contributed by atoms with E-state index < -0.39 is 5.97 Å². The molecule has 6 nitrogen and oxygen atoms in total. The molecule has 2 atom stereocenters. The Bertz CT molecular complexity index is 467. The molecule has 1 aliphatic rings. The number of ether oxygens (including phenoxy) is 2. The van der Waals surface area contributed by atoms with Gasteiger partial charge in [0.15, 0.2) is 0 Å². The lowest BCUT2D eigenvalue weighted by Gasteiger charge is -2.34. The molecule has 112 valence electrons. The van der Waals surface area contributed by atoms with Crippen molar-refractivity contribution in [3.63, 3.8) is 0 Å². The van der Waals surface area contributed by atoms with Gasteiger partial charge < -0.3 is 14.6 Å². The van der Waals surface area contributed by atoms with E-state index in [0.717, 1.165) is 18.1 Å². The second-order valence-corrected chi connectivity index (χ2v) is 6.16. The number of hydrogen-bond acceptors (Lipinski definition) is 6. The molecule has 1 fully saturated rings. The summed E-state index contributed by atoms with van der Waals surface area (Å²) in [5, 5.41) is 9.99. The summed E-state index contributed by atoms with van der Waals surface area (Å²) in [5.41, 5.74) is 0.509. The van der Waals surface area contributed by atoms with Gasteiger partial charge in [-0.1, -0.05) is 0 Å². The van der Waals surface area contributed by atoms with Gasteiger partial charge in [0.25, 0.3) is 0 Å². The highest BCUT2D eigenvalue weighted by atomic mass is 32.1. The molecule has 0 aliphatic carbocycles. The van der Waals surface area contributed by atoms with Crippen LogP contribution in [0.2, 0.25) is 0 Å². The summed E-state index contributed by atoms with van der Waals surface area (Å²) in [4.78, 5) is 18.1. The predicted molar refractivity (Wildman–Crippen MR) is 75.1 cm³/mol. The lowest BCUT2D eigenvalue weighted by molar-refractivity contribution is -0.0705. The molecule has 0 saturated carbocycles. The van der Waals surface area contributed by atoms with Crippen molar-refractivity contribution in [3.8, 4) is 0 Å². The topological polar surface area (TPSA) is 71.9 Å². The normalized spacial score (nSPS) is 23.9. The quantitative estimate of drug-likeness (QED) is 0.890. The maximum absolute atomic E-state index is 11.2. The Labute approximate surface area is 122 Å². The number of thiazole rings is 1. The van der Waals surface area contributed by atoms with Crippen LogP contribution in [0, 0.1) is 0 Å². The summed E-state index contributed by atoms with van der Waals surface area (Å²) in [6.07, 6.45) is 0.382. The number of hydrogen-bond donors (Lipinski definition) is 1. The van der Waals surface area contributed by atoms with Gasteiger partial charge in [0.2, 0.25) is 0 Å². The number of carbonyl (C=O) groups is 1. The van der Waals surface area contributed by atoms with Gasteiger partial charge in [-0.15, -0.1) is 11.3 Å². The Kier molecular flexibility index (Phi) is 5.09. The molecule has 1 aromatic rings. The van der Waals surface area contributed by atoms with Crippen molar-refractivity contribution in [2.75, 3.05) is 20.2 Å². The van der Waals surface area contributed by atoms with Gasteiger partial charge in [-0.05, 0) is 13.8 Å². The standard InChI is InChI=1S/C13H20N2O4S/c1-8-4-15(5-9(2)19-8)6-11-14-10(7-18-3)12(20-11)13(16)17/h8-9H,4-7H2,1-3H3,(H,16,17). The molecule has 1 saturated heterocycles. The Balaban J connectivity index is 2.09. The SMILES string of the molecule is COCc1nc(CN2CC(C)OC(C)C2)sc1C(=O)O. The van der Waals surface area contributed by atoms with Crippen molar-refractivity contribution in [1.29, 1.82) is 0 Å². The Morgan fingerprint density at radius 1 is 1.50 bits per heavy atom. The molecule has 0 aromatic carbocycles. The van der Waals surface area contributed by atoms with Gasteiger partial charge in [0.05, 0.1) is 31.1 Å². The van der Waals surface area contributed by atoms with E-state index in [-0.39, 0.29) is 23.7 Å². The third kappa shape index (κ3) is 3.76. The minimum atomic E-state index is -0.940. The van der Waals surface area contributed by atoms with E-state index in [1.54, 1.807) is 0 Å². The highest BCUT2D eigenvalue weighted by molar-refractivity contribution is 7.13. The van der Waals surface area contributed by atoms with E-state index in [4.69, 9.17) is 9.47 Å². The molecule has 2 heterocycles. The second-order valence-electron chi connectivity index (χ2n) is 5.07. The van der Waals surface area contributed by atoms with E-state index in [1.807, 2.05) is 13.8 Å². The number of methoxy groups -OCH3 is 1. The first-order valence-electron chi connectivity index (χ1n) is 6.58. The second kappa shape index (κ2) is 6.62. The van der Waals surface area contributed by atoms with Gasteiger partial charge in [-0.3, -0.25) is 4.90 Å².